The average Bonchev–Trinajstić information content (AvgIpc) is 3.29. The van der Waals surface area contributed by atoms with E-state index in [1.54, 1.807) is 12.0 Å². The summed E-state index contributed by atoms with van der Waals surface area (Å²) in [5.41, 5.74) is 2.03. The molecule has 0 spiro atoms. The lowest BCUT2D eigenvalue weighted by Gasteiger charge is -2.43. The number of carbonyl (C=O) groups excluding carboxylic acids is 2. The van der Waals surface area contributed by atoms with Crippen LogP contribution in [0, 0.1) is 0 Å². The SMILES string of the molecule is COc1ccc([C@@H]2C(=O)N(CCc3ccccc3)CC(=O)N2C2CCCC2)cc1. The first-order valence-corrected chi connectivity index (χ1v) is 10.4. The Morgan fingerprint density at radius 3 is 2.31 bits per heavy atom. The van der Waals surface area contributed by atoms with Gasteiger partial charge in [0.2, 0.25) is 5.91 Å². The molecular weight excluding hydrogens is 364 g/mol. The highest BCUT2D eigenvalue weighted by Crippen LogP contribution is 2.35. The molecule has 5 heteroatoms. The van der Waals surface area contributed by atoms with Gasteiger partial charge in [0, 0.05) is 12.6 Å². The average molecular weight is 392 g/mol. The smallest absolute Gasteiger partial charge is 0.250 e. The van der Waals surface area contributed by atoms with Gasteiger partial charge in [-0.3, -0.25) is 9.59 Å². The summed E-state index contributed by atoms with van der Waals surface area (Å²) in [6, 6.07) is 17.3. The van der Waals surface area contributed by atoms with Crippen molar-refractivity contribution in [1.29, 1.82) is 0 Å². The van der Waals surface area contributed by atoms with E-state index in [-0.39, 0.29) is 24.4 Å². The Bertz CT molecular complexity index is 844. The maximum absolute atomic E-state index is 13.5. The molecule has 1 atom stereocenters. The highest BCUT2D eigenvalue weighted by Gasteiger charge is 2.43. The molecule has 0 radical (unpaired) electrons. The molecule has 1 heterocycles. The van der Waals surface area contributed by atoms with Gasteiger partial charge in [-0.15, -0.1) is 0 Å². The number of rotatable bonds is 6. The molecule has 1 saturated heterocycles. The number of carbonyl (C=O) groups is 2. The summed E-state index contributed by atoms with van der Waals surface area (Å²) in [6.45, 7) is 0.731. The van der Waals surface area contributed by atoms with Crippen LogP contribution in [-0.2, 0) is 16.0 Å². The monoisotopic (exact) mass is 392 g/mol. The normalized spacial score (nSPS) is 20.4. The van der Waals surface area contributed by atoms with E-state index in [1.807, 2.05) is 47.4 Å². The summed E-state index contributed by atoms with van der Waals surface area (Å²) in [5.74, 6) is 0.833. The fourth-order valence-electron chi connectivity index (χ4n) is 4.54. The number of hydrogen-bond acceptors (Lipinski definition) is 3. The molecule has 1 aliphatic carbocycles. The van der Waals surface area contributed by atoms with Gasteiger partial charge in [0.25, 0.3) is 5.91 Å². The summed E-state index contributed by atoms with van der Waals surface area (Å²) >= 11 is 0. The summed E-state index contributed by atoms with van der Waals surface area (Å²) in [7, 11) is 1.63. The van der Waals surface area contributed by atoms with Crippen molar-refractivity contribution in [2.24, 2.45) is 0 Å². The van der Waals surface area contributed by atoms with Crippen LogP contribution in [0.3, 0.4) is 0 Å². The molecule has 0 aromatic heterocycles. The standard InChI is InChI=1S/C24H28N2O3/c1-29-21-13-11-19(12-14-21)23-24(28)25(16-15-18-7-3-2-4-8-18)17-22(27)26(23)20-9-5-6-10-20/h2-4,7-8,11-14,20,23H,5-6,9-10,15-17H2,1H3/t23-/m1/s1. The highest BCUT2D eigenvalue weighted by atomic mass is 16.5. The van der Waals surface area contributed by atoms with Crippen LogP contribution in [-0.4, -0.2) is 47.9 Å². The van der Waals surface area contributed by atoms with Crippen molar-refractivity contribution in [3.8, 4) is 5.75 Å². The zero-order valence-corrected chi connectivity index (χ0v) is 16.9. The third-order valence-electron chi connectivity index (χ3n) is 6.10. The van der Waals surface area contributed by atoms with Crippen molar-refractivity contribution in [1.82, 2.24) is 9.80 Å². The number of hydrogen-bond donors (Lipinski definition) is 0. The summed E-state index contributed by atoms with van der Waals surface area (Å²) in [6.07, 6.45) is 4.95. The van der Waals surface area contributed by atoms with E-state index in [0.29, 0.717) is 6.54 Å². The topological polar surface area (TPSA) is 49.9 Å². The zero-order chi connectivity index (χ0) is 20.2. The van der Waals surface area contributed by atoms with Crippen molar-refractivity contribution in [2.45, 2.75) is 44.2 Å². The molecular formula is C24H28N2O3. The van der Waals surface area contributed by atoms with Gasteiger partial charge in [-0.25, -0.2) is 0 Å². The number of piperazine rings is 1. The minimum Gasteiger partial charge on any atom is -0.497 e. The Kier molecular flexibility index (Phi) is 5.84. The first-order valence-electron chi connectivity index (χ1n) is 10.4. The summed E-state index contributed by atoms with van der Waals surface area (Å²) in [4.78, 5) is 30.3. The van der Waals surface area contributed by atoms with Gasteiger partial charge in [0.05, 0.1) is 13.7 Å². The summed E-state index contributed by atoms with van der Waals surface area (Å²) in [5, 5.41) is 0. The minimum atomic E-state index is -0.541. The molecule has 152 valence electrons. The van der Waals surface area contributed by atoms with Gasteiger partial charge in [-0.2, -0.15) is 0 Å². The maximum atomic E-state index is 13.5. The third-order valence-corrected chi connectivity index (χ3v) is 6.10. The van der Waals surface area contributed by atoms with Crippen molar-refractivity contribution in [2.75, 3.05) is 20.2 Å². The van der Waals surface area contributed by atoms with Crippen molar-refractivity contribution in [3.63, 3.8) is 0 Å². The molecule has 1 saturated carbocycles. The van der Waals surface area contributed by atoms with Crippen molar-refractivity contribution < 1.29 is 14.3 Å². The van der Waals surface area contributed by atoms with Gasteiger partial charge in [-0.05, 0) is 42.5 Å². The molecule has 0 N–H and O–H groups in total. The van der Waals surface area contributed by atoms with E-state index in [9.17, 15) is 9.59 Å². The Morgan fingerprint density at radius 1 is 0.966 bits per heavy atom. The van der Waals surface area contributed by atoms with E-state index in [0.717, 1.165) is 43.4 Å². The lowest BCUT2D eigenvalue weighted by atomic mass is 9.97. The quantitative estimate of drug-likeness (QED) is 0.755. The van der Waals surface area contributed by atoms with E-state index in [1.165, 1.54) is 5.56 Å². The van der Waals surface area contributed by atoms with Crippen LogP contribution in [0.2, 0.25) is 0 Å². The van der Waals surface area contributed by atoms with Gasteiger partial charge in [0.15, 0.2) is 0 Å². The van der Waals surface area contributed by atoms with Crippen LogP contribution in [0.15, 0.2) is 54.6 Å². The van der Waals surface area contributed by atoms with Crippen LogP contribution in [0.4, 0.5) is 0 Å². The predicted molar refractivity (Wildman–Crippen MR) is 112 cm³/mol. The predicted octanol–water partition coefficient (Wildman–Crippen LogP) is 3.59. The number of nitrogens with zero attached hydrogens (tertiary/aromatic N) is 2. The van der Waals surface area contributed by atoms with Crippen molar-refractivity contribution in [3.05, 3.63) is 65.7 Å². The second-order valence-electron chi connectivity index (χ2n) is 7.91. The number of ether oxygens (including phenoxy) is 1. The van der Waals surface area contributed by atoms with E-state index >= 15 is 0 Å². The Labute approximate surface area is 172 Å². The largest absolute Gasteiger partial charge is 0.497 e. The van der Waals surface area contributed by atoms with Crippen LogP contribution >= 0.6 is 0 Å². The molecule has 5 nitrogen and oxygen atoms in total. The number of amides is 2. The lowest BCUT2D eigenvalue weighted by Crippen LogP contribution is -2.58. The first-order chi connectivity index (χ1) is 14.2. The highest BCUT2D eigenvalue weighted by molar-refractivity contribution is 5.95. The van der Waals surface area contributed by atoms with Crippen LogP contribution in [0.25, 0.3) is 0 Å². The van der Waals surface area contributed by atoms with E-state index < -0.39 is 6.04 Å². The molecule has 4 rings (SSSR count). The second kappa shape index (κ2) is 8.68. The lowest BCUT2D eigenvalue weighted by molar-refractivity contribution is -0.158. The zero-order valence-electron chi connectivity index (χ0n) is 16.9. The molecule has 29 heavy (non-hydrogen) atoms. The molecule has 1 aliphatic heterocycles. The third kappa shape index (κ3) is 4.14. The Balaban J connectivity index is 1.59. The van der Waals surface area contributed by atoms with Gasteiger partial charge >= 0.3 is 0 Å². The molecule has 2 aromatic carbocycles. The molecule has 0 unspecified atom stereocenters. The molecule has 2 aliphatic rings. The van der Waals surface area contributed by atoms with Crippen LogP contribution in [0.5, 0.6) is 5.75 Å². The Hall–Kier alpha value is -2.82. The van der Waals surface area contributed by atoms with E-state index in [4.69, 9.17) is 4.74 Å². The minimum absolute atomic E-state index is 0.0256. The number of benzene rings is 2. The Morgan fingerprint density at radius 2 is 1.66 bits per heavy atom. The van der Waals surface area contributed by atoms with Gasteiger partial charge in [0.1, 0.15) is 11.8 Å². The fraction of sp³-hybridized carbons (Fsp3) is 0.417. The maximum Gasteiger partial charge on any atom is 0.250 e. The van der Waals surface area contributed by atoms with Crippen LogP contribution in [0.1, 0.15) is 42.9 Å². The van der Waals surface area contributed by atoms with Crippen LogP contribution < -0.4 is 4.74 Å². The van der Waals surface area contributed by atoms with Gasteiger partial charge in [-0.1, -0.05) is 55.3 Å². The van der Waals surface area contributed by atoms with Gasteiger partial charge < -0.3 is 14.5 Å². The molecule has 2 amide bonds. The second-order valence-corrected chi connectivity index (χ2v) is 7.91. The molecule has 0 bridgehead atoms. The number of methoxy groups -OCH3 is 1. The van der Waals surface area contributed by atoms with E-state index in [2.05, 4.69) is 12.1 Å². The summed E-state index contributed by atoms with van der Waals surface area (Å²) < 4.78 is 5.26. The first kappa shape index (κ1) is 19.5. The van der Waals surface area contributed by atoms with Crippen molar-refractivity contribution >= 4 is 11.8 Å². The molecule has 2 aromatic rings. The fourth-order valence-corrected chi connectivity index (χ4v) is 4.54. The molecule has 2 fully saturated rings.